The fraction of sp³-hybridized carbons (Fsp3) is 0.632. The lowest BCUT2D eigenvalue weighted by molar-refractivity contribution is -0.166. The molecule has 0 aliphatic heterocycles. The summed E-state index contributed by atoms with van der Waals surface area (Å²) in [5.74, 6) is 1.18. The Bertz CT molecular complexity index is 1260. The van der Waals surface area contributed by atoms with Crippen LogP contribution in [0.5, 0.6) is 0 Å². The van der Waals surface area contributed by atoms with Gasteiger partial charge in [0, 0.05) is 31.3 Å². The van der Waals surface area contributed by atoms with Crippen LogP contribution >= 0.6 is 31.9 Å². The molecule has 0 amide bonds. The summed E-state index contributed by atoms with van der Waals surface area (Å²) in [6.45, 7) is 13.9. The van der Waals surface area contributed by atoms with Gasteiger partial charge in [-0.15, -0.1) is 0 Å². The number of rotatable bonds is 9. The zero-order chi connectivity index (χ0) is 30.3. The van der Waals surface area contributed by atoms with Gasteiger partial charge in [-0.05, 0) is 85.2 Å². The minimum atomic E-state index is -0.688. The Morgan fingerprint density at radius 1 is 0.619 bits per heavy atom. The number of carbonyl (C=O) groups is 2. The molecule has 0 aromatic heterocycles. The van der Waals surface area contributed by atoms with Crippen LogP contribution in [0.2, 0.25) is 0 Å². The quantitative estimate of drug-likeness (QED) is 0.245. The van der Waals surface area contributed by atoms with Crippen LogP contribution in [0.1, 0.15) is 91.2 Å². The Labute approximate surface area is 270 Å². The van der Waals surface area contributed by atoms with E-state index >= 15 is 9.59 Å². The lowest BCUT2D eigenvalue weighted by Gasteiger charge is -2.56. The molecule has 2 nitrogen and oxygen atoms in total. The smallest absolute Gasteiger partial charge is 0.146 e. The van der Waals surface area contributed by atoms with Gasteiger partial charge >= 0.3 is 0 Å². The summed E-state index contributed by atoms with van der Waals surface area (Å²) < 4.78 is 0. The fourth-order valence-electron chi connectivity index (χ4n) is 11.3. The topological polar surface area (TPSA) is 34.1 Å². The average molecular weight is 697 g/mol. The van der Waals surface area contributed by atoms with Crippen molar-refractivity contribution in [2.75, 3.05) is 0 Å². The van der Waals surface area contributed by atoms with Gasteiger partial charge in [0.05, 0.1) is 0 Å². The van der Waals surface area contributed by atoms with E-state index < -0.39 is 21.7 Å². The van der Waals surface area contributed by atoms with Gasteiger partial charge in [0.15, 0.2) is 0 Å². The van der Waals surface area contributed by atoms with E-state index in [9.17, 15) is 0 Å². The molecule has 8 atom stereocenters. The van der Waals surface area contributed by atoms with E-state index in [1.54, 1.807) is 0 Å². The van der Waals surface area contributed by atoms with Crippen molar-refractivity contribution in [1.82, 2.24) is 0 Å². The molecule has 4 aliphatic rings. The number of benzene rings is 2. The molecule has 0 radical (unpaired) electrons. The highest BCUT2D eigenvalue weighted by molar-refractivity contribution is 9.09. The molecule has 4 heteroatoms. The van der Waals surface area contributed by atoms with Crippen LogP contribution in [-0.2, 0) is 22.4 Å². The number of carbonyl (C=O) groups excluding carboxylic acids is 2. The molecular weight excluding hydrogens is 648 g/mol. The highest BCUT2D eigenvalue weighted by atomic mass is 79.9. The molecule has 4 saturated carbocycles. The molecule has 0 saturated heterocycles. The Morgan fingerprint density at radius 2 is 0.952 bits per heavy atom. The molecular formula is C38H48Br2O2. The van der Waals surface area contributed by atoms with E-state index in [2.05, 4.69) is 134 Å². The first-order chi connectivity index (χ1) is 19.7. The number of hydrogen-bond donors (Lipinski definition) is 0. The summed E-state index contributed by atoms with van der Waals surface area (Å²) in [6, 6.07) is 21.3. The lowest BCUT2D eigenvalue weighted by atomic mass is 9.45. The maximum atomic E-state index is 15.5. The van der Waals surface area contributed by atoms with Crippen LogP contribution in [-0.4, -0.2) is 21.2 Å². The summed E-state index contributed by atoms with van der Waals surface area (Å²) in [7, 11) is 0. The molecule has 226 valence electrons. The lowest BCUT2D eigenvalue weighted by Crippen LogP contribution is -2.61. The number of ketones is 2. The van der Waals surface area contributed by atoms with Gasteiger partial charge in [-0.2, -0.15) is 0 Å². The van der Waals surface area contributed by atoms with Gasteiger partial charge in [-0.3, -0.25) is 9.59 Å². The zero-order valence-corrected chi connectivity index (χ0v) is 29.5. The number of fused-ring (bicyclic) bond motifs is 4. The maximum absolute atomic E-state index is 15.5. The van der Waals surface area contributed by atoms with Gasteiger partial charge in [0.2, 0.25) is 0 Å². The van der Waals surface area contributed by atoms with E-state index in [4.69, 9.17) is 0 Å². The number of halogens is 2. The predicted molar refractivity (Wildman–Crippen MR) is 179 cm³/mol. The van der Waals surface area contributed by atoms with Crippen molar-refractivity contribution in [3.8, 4) is 0 Å². The second-order valence-electron chi connectivity index (χ2n) is 15.9. The van der Waals surface area contributed by atoms with Crippen LogP contribution in [0.15, 0.2) is 60.7 Å². The van der Waals surface area contributed by atoms with Gasteiger partial charge in [-0.1, -0.05) is 134 Å². The fourth-order valence-corrected chi connectivity index (χ4v) is 13.1. The molecule has 2 aromatic rings. The Morgan fingerprint density at radius 3 is 1.24 bits per heavy atom. The van der Waals surface area contributed by atoms with E-state index in [0.29, 0.717) is 11.6 Å². The monoisotopic (exact) mass is 694 g/mol. The van der Waals surface area contributed by atoms with Crippen LogP contribution in [0.3, 0.4) is 0 Å². The maximum Gasteiger partial charge on any atom is 0.146 e. The Balaban J connectivity index is 1.53. The van der Waals surface area contributed by atoms with Crippen molar-refractivity contribution in [2.24, 2.45) is 44.3 Å². The Hall–Kier alpha value is -1.26. The predicted octanol–water partition coefficient (Wildman–Crippen LogP) is 9.80. The number of Topliss-reactive ketones (excluding diaryl/α,β-unsaturated/α-hetero) is 2. The highest BCUT2D eigenvalue weighted by Gasteiger charge is 2.85. The minimum Gasteiger partial charge on any atom is -0.298 e. The molecule has 42 heavy (non-hydrogen) atoms. The summed E-state index contributed by atoms with van der Waals surface area (Å²) in [6.07, 6.45) is 7.11. The van der Waals surface area contributed by atoms with E-state index in [1.807, 2.05) is 0 Å². The first-order valence-corrected chi connectivity index (χ1v) is 18.0. The van der Waals surface area contributed by atoms with Gasteiger partial charge in [-0.25, -0.2) is 0 Å². The first kappa shape index (κ1) is 30.8. The van der Waals surface area contributed by atoms with Crippen molar-refractivity contribution in [2.45, 2.75) is 103 Å². The molecule has 4 fully saturated rings. The van der Waals surface area contributed by atoms with Crippen LogP contribution in [0, 0.1) is 44.3 Å². The molecule has 2 aromatic carbocycles. The van der Waals surface area contributed by atoms with Crippen molar-refractivity contribution in [3.05, 3.63) is 71.8 Å². The Kier molecular flexibility index (Phi) is 7.42. The molecule has 0 heterocycles. The molecule has 6 rings (SSSR count). The van der Waals surface area contributed by atoms with Crippen LogP contribution in [0.4, 0.5) is 0 Å². The van der Waals surface area contributed by atoms with Crippen molar-refractivity contribution >= 4 is 43.4 Å². The van der Waals surface area contributed by atoms with Crippen molar-refractivity contribution < 1.29 is 9.59 Å². The molecule has 4 aliphatic carbocycles. The largest absolute Gasteiger partial charge is 0.298 e. The summed E-state index contributed by atoms with van der Waals surface area (Å²) in [5, 5.41) is 0. The average Bonchev–Trinajstić information content (AvgIpc) is 3.42. The minimum absolute atomic E-state index is 0.116. The van der Waals surface area contributed by atoms with Crippen LogP contribution in [0.25, 0.3) is 0 Å². The second kappa shape index (κ2) is 10.1. The SMILES string of the molecule is CC1(C)[C@@H]2CC[C@@]1(C)C(=O)[C@@]2(C[C@H](Br)Cc1ccccc1)[C@@]1(C[C@@H](Br)Cc2ccccc2)C(=O)[C@@]2(C)CC[C@H]1C2(C)C. The highest BCUT2D eigenvalue weighted by Crippen LogP contribution is 2.83. The van der Waals surface area contributed by atoms with Gasteiger partial charge in [0.25, 0.3) is 0 Å². The third-order valence-corrected chi connectivity index (χ3v) is 15.2. The molecule has 0 unspecified atom stereocenters. The van der Waals surface area contributed by atoms with Crippen molar-refractivity contribution in [3.63, 3.8) is 0 Å². The molecule has 0 spiro atoms. The van der Waals surface area contributed by atoms with E-state index in [0.717, 1.165) is 51.4 Å². The summed E-state index contributed by atoms with van der Waals surface area (Å²) in [4.78, 5) is 31.2. The van der Waals surface area contributed by atoms with Crippen LogP contribution < -0.4 is 0 Å². The third kappa shape index (κ3) is 3.85. The number of hydrogen-bond acceptors (Lipinski definition) is 2. The normalized spacial score (nSPS) is 39.1. The molecule has 0 N–H and O–H groups in total. The molecule has 4 bridgehead atoms. The van der Waals surface area contributed by atoms with Gasteiger partial charge < -0.3 is 0 Å². The third-order valence-electron chi connectivity index (χ3n) is 13.9. The zero-order valence-electron chi connectivity index (χ0n) is 26.3. The standard InChI is InChI=1S/C38H48Br2O2/c1-33(2)29-17-19-35(33,5)31(41)37(29,23-27(39)21-25-13-9-7-10-14-25)38(24-28(40)22-26-15-11-8-12-16-26)30-18-20-36(6,32(38)42)34(30,3)4/h7-16,27-30H,17-24H2,1-6H3/t27-,28+,29-,30-,35+,36-,37+,38-/m0/s1. The summed E-state index contributed by atoms with van der Waals surface area (Å²) >= 11 is 8.29. The summed E-state index contributed by atoms with van der Waals surface area (Å²) in [5.41, 5.74) is 0.0726. The van der Waals surface area contributed by atoms with E-state index in [1.165, 1.54) is 11.1 Å². The number of alkyl halides is 2. The second-order valence-corrected chi connectivity index (χ2v) is 18.5. The van der Waals surface area contributed by atoms with E-state index in [-0.39, 0.29) is 32.3 Å². The first-order valence-electron chi connectivity index (χ1n) is 16.1. The van der Waals surface area contributed by atoms with Gasteiger partial charge in [0.1, 0.15) is 11.6 Å². The van der Waals surface area contributed by atoms with Crippen molar-refractivity contribution in [1.29, 1.82) is 0 Å².